The van der Waals surface area contributed by atoms with E-state index in [9.17, 15) is 4.79 Å². The van der Waals surface area contributed by atoms with Crippen LogP contribution in [0, 0.1) is 0 Å². The number of likely N-dealkylation sites (N-methyl/N-ethyl adjacent to an activating group) is 1. The highest BCUT2D eigenvalue weighted by Crippen LogP contribution is 2.51. The van der Waals surface area contributed by atoms with Gasteiger partial charge in [-0.05, 0) is 11.6 Å². The predicted octanol–water partition coefficient (Wildman–Crippen LogP) is 2.45. The molecule has 2 aliphatic rings. The number of benzene rings is 2. The molecule has 4 rings (SSSR count). The summed E-state index contributed by atoms with van der Waals surface area (Å²) in [5.74, 6) is 1.22. The molecule has 1 unspecified atom stereocenters. The average molecular weight is 325 g/mol. The zero-order chi connectivity index (χ0) is 16.9. The summed E-state index contributed by atoms with van der Waals surface area (Å²) in [6.45, 7) is 0.895. The second-order valence-corrected chi connectivity index (χ2v) is 6.12. The first-order valence-electron chi connectivity index (χ1n) is 7.85. The highest BCUT2D eigenvalue weighted by molar-refractivity contribution is 5.93. The number of rotatable bonds is 2. The van der Waals surface area contributed by atoms with Gasteiger partial charge in [0, 0.05) is 30.3 Å². The van der Waals surface area contributed by atoms with E-state index in [1.165, 1.54) is 0 Å². The lowest BCUT2D eigenvalue weighted by atomic mass is 9.79. The predicted molar refractivity (Wildman–Crippen MR) is 88.0 cm³/mol. The Balaban J connectivity index is 2.01. The van der Waals surface area contributed by atoms with E-state index in [4.69, 9.17) is 14.2 Å². The summed E-state index contributed by atoms with van der Waals surface area (Å²) >= 11 is 0. The molecule has 0 bridgehead atoms. The van der Waals surface area contributed by atoms with E-state index < -0.39 is 5.60 Å². The summed E-state index contributed by atoms with van der Waals surface area (Å²) in [4.78, 5) is 14.9. The molecule has 1 amide bonds. The molecule has 0 aromatic heterocycles. The van der Waals surface area contributed by atoms with Crippen molar-refractivity contribution in [3.05, 3.63) is 58.7 Å². The molecule has 0 fully saturated rings. The third-order valence-corrected chi connectivity index (χ3v) is 4.91. The third kappa shape index (κ3) is 1.76. The Bertz CT molecular complexity index is 832. The van der Waals surface area contributed by atoms with E-state index in [0.29, 0.717) is 24.7 Å². The maximum atomic E-state index is 13.2. The van der Waals surface area contributed by atoms with Crippen LogP contribution in [0.2, 0.25) is 0 Å². The van der Waals surface area contributed by atoms with E-state index in [0.717, 1.165) is 22.3 Å². The van der Waals surface area contributed by atoms with Crippen LogP contribution in [0.4, 0.5) is 0 Å². The Morgan fingerprint density at radius 2 is 1.88 bits per heavy atom. The second kappa shape index (κ2) is 5.24. The number of nitrogens with zero attached hydrogens (tertiary/aromatic N) is 1. The monoisotopic (exact) mass is 325 g/mol. The van der Waals surface area contributed by atoms with E-state index in [2.05, 4.69) is 0 Å². The summed E-state index contributed by atoms with van der Waals surface area (Å²) in [5, 5.41) is 0. The van der Waals surface area contributed by atoms with Crippen molar-refractivity contribution in [2.45, 2.75) is 18.8 Å². The molecule has 2 aromatic rings. The fourth-order valence-corrected chi connectivity index (χ4v) is 3.83. The van der Waals surface area contributed by atoms with Crippen molar-refractivity contribution in [3.63, 3.8) is 0 Å². The molecule has 5 nitrogen and oxygen atoms in total. The lowest BCUT2D eigenvalue weighted by molar-refractivity contribution is -0.154. The van der Waals surface area contributed by atoms with Crippen LogP contribution in [-0.4, -0.2) is 32.1 Å². The van der Waals surface area contributed by atoms with E-state index in [-0.39, 0.29) is 5.91 Å². The maximum absolute atomic E-state index is 13.2. The van der Waals surface area contributed by atoms with E-state index >= 15 is 0 Å². The summed E-state index contributed by atoms with van der Waals surface area (Å²) in [6, 6.07) is 11.7. The van der Waals surface area contributed by atoms with Crippen LogP contribution < -0.4 is 9.47 Å². The maximum Gasteiger partial charge on any atom is 0.264 e. The Morgan fingerprint density at radius 1 is 1.08 bits per heavy atom. The summed E-state index contributed by atoms with van der Waals surface area (Å²) in [6.07, 6.45) is 0. The van der Waals surface area contributed by atoms with Crippen LogP contribution in [0.25, 0.3) is 0 Å². The molecule has 2 heterocycles. The zero-order valence-electron chi connectivity index (χ0n) is 14.0. The summed E-state index contributed by atoms with van der Waals surface area (Å²) < 4.78 is 17.1. The molecule has 124 valence electrons. The number of carbonyl (C=O) groups excluding carboxylic acids is 1. The third-order valence-electron chi connectivity index (χ3n) is 4.91. The van der Waals surface area contributed by atoms with Crippen molar-refractivity contribution in [1.29, 1.82) is 0 Å². The summed E-state index contributed by atoms with van der Waals surface area (Å²) in [7, 11) is 5.01. The molecular weight excluding hydrogens is 306 g/mol. The first-order valence-corrected chi connectivity index (χ1v) is 7.85. The molecule has 0 aliphatic carbocycles. The Morgan fingerprint density at radius 3 is 2.62 bits per heavy atom. The van der Waals surface area contributed by atoms with Crippen LogP contribution in [-0.2, 0) is 28.3 Å². The zero-order valence-corrected chi connectivity index (χ0v) is 14.0. The highest BCUT2D eigenvalue weighted by atomic mass is 16.5. The Kier molecular flexibility index (Phi) is 3.28. The van der Waals surface area contributed by atoms with Crippen molar-refractivity contribution in [3.8, 4) is 11.5 Å². The SMILES string of the molecule is COc1ccc2c(c1OC)COC21C(=O)N(C)Cc2ccccc21. The van der Waals surface area contributed by atoms with Gasteiger partial charge in [0.15, 0.2) is 17.1 Å². The van der Waals surface area contributed by atoms with Crippen molar-refractivity contribution >= 4 is 5.91 Å². The van der Waals surface area contributed by atoms with Crippen LogP contribution in [0.3, 0.4) is 0 Å². The number of ether oxygens (including phenoxy) is 3. The van der Waals surface area contributed by atoms with Crippen LogP contribution in [0.1, 0.15) is 22.3 Å². The highest BCUT2D eigenvalue weighted by Gasteiger charge is 2.54. The van der Waals surface area contributed by atoms with Crippen molar-refractivity contribution < 1.29 is 19.0 Å². The van der Waals surface area contributed by atoms with Gasteiger partial charge in [-0.3, -0.25) is 4.79 Å². The van der Waals surface area contributed by atoms with E-state index in [1.54, 1.807) is 19.1 Å². The number of methoxy groups -OCH3 is 2. The van der Waals surface area contributed by atoms with Crippen molar-refractivity contribution in [2.75, 3.05) is 21.3 Å². The second-order valence-electron chi connectivity index (χ2n) is 6.12. The molecule has 5 heteroatoms. The fraction of sp³-hybridized carbons (Fsp3) is 0.316. The van der Waals surface area contributed by atoms with Crippen LogP contribution in [0.15, 0.2) is 36.4 Å². The van der Waals surface area contributed by atoms with Gasteiger partial charge in [0.05, 0.1) is 20.8 Å². The lowest BCUT2D eigenvalue weighted by Gasteiger charge is -2.39. The quantitative estimate of drug-likeness (QED) is 0.851. The van der Waals surface area contributed by atoms with Gasteiger partial charge in [-0.25, -0.2) is 0 Å². The van der Waals surface area contributed by atoms with Crippen LogP contribution in [0.5, 0.6) is 11.5 Å². The molecule has 2 aromatic carbocycles. The van der Waals surface area contributed by atoms with Gasteiger partial charge in [0.25, 0.3) is 5.91 Å². The molecule has 0 radical (unpaired) electrons. The standard InChI is InChI=1S/C19H19NO4/c1-20-10-12-6-4-5-7-14(12)19(18(20)21)15-8-9-16(22-2)17(23-3)13(15)11-24-19/h4-9H,10-11H2,1-3H3. The Labute approximate surface area is 140 Å². The molecule has 0 saturated heterocycles. The van der Waals surface area contributed by atoms with E-state index in [1.807, 2.05) is 43.4 Å². The number of hydrogen-bond donors (Lipinski definition) is 0. The van der Waals surface area contributed by atoms with Gasteiger partial charge in [-0.2, -0.15) is 0 Å². The van der Waals surface area contributed by atoms with Gasteiger partial charge in [0.2, 0.25) is 0 Å². The molecule has 0 N–H and O–H groups in total. The van der Waals surface area contributed by atoms with Crippen molar-refractivity contribution in [1.82, 2.24) is 4.90 Å². The minimum absolute atomic E-state index is 0.0489. The molecular formula is C19H19NO4. The normalized spacial score (nSPS) is 21.6. The van der Waals surface area contributed by atoms with Gasteiger partial charge in [-0.15, -0.1) is 0 Å². The van der Waals surface area contributed by atoms with Gasteiger partial charge in [-0.1, -0.05) is 30.3 Å². The average Bonchev–Trinajstić information content (AvgIpc) is 2.99. The topological polar surface area (TPSA) is 48.0 Å². The van der Waals surface area contributed by atoms with Gasteiger partial charge in [0.1, 0.15) is 0 Å². The lowest BCUT2D eigenvalue weighted by Crippen LogP contribution is -2.50. The largest absolute Gasteiger partial charge is 0.493 e. The molecule has 2 aliphatic heterocycles. The first kappa shape index (κ1) is 15.0. The fourth-order valence-electron chi connectivity index (χ4n) is 3.83. The molecule has 1 spiro atoms. The number of fused-ring (bicyclic) bond motifs is 4. The first-order chi connectivity index (χ1) is 11.6. The molecule has 24 heavy (non-hydrogen) atoms. The minimum Gasteiger partial charge on any atom is -0.493 e. The molecule has 0 saturated carbocycles. The Hall–Kier alpha value is -2.53. The smallest absolute Gasteiger partial charge is 0.264 e. The molecule has 1 atom stereocenters. The minimum atomic E-state index is -1.10. The summed E-state index contributed by atoms with van der Waals surface area (Å²) in [5.41, 5.74) is 2.62. The number of amides is 1. The number of hydrogen-bond acceptors (Lipinski definition) is 4. The number of carbonyl (C=O) groups is 1. The van der Waals surface area contributed by atoms with Gasteiger partial charge < -0.3 is 19.1 Å². The van der Waals surface area contributed by atoms with Crippen molar-refractivity contribution in [2.24, 2.45) is 0 Å². The van der Waals surface area contributed by atoms with Crippen LogP contribution >= 0.6 is 0 Å². The van der Waals surface area contributed by atoms with Gasteiger partial charge >= 0.3 is 0 Å².